The van der Waals surface area contributed by atoms with Gasteiger partial charge < -0.3 is 9.05 Å². The normalized spacial score (nSPS) is 22.1. The highest BCUT2D eigenvalue weighted by Gasteiger charge is 2.32. The van der Waals surface area contributed by atoms with Crippen molar-refractivity contribution in [3.8, 4) is 0 Å². The molecule has 0 spiro atoms. The first-order chi connectivity index (χ1) is 10.7. The quantitative estimate of drug-likeness (QED) is 0.858. The van der Waals surface area contributed by atoms with E-state index in [-0.39, 0.29) is 6.04 Å². The summed E-state index contributed by atoms with van der Waals surface area (Å²) in [7, 11) is 0. The highest BCUT2D eigenvalue weighted by Crippen LogP contribution is 2.39. The van der Waals surface area contributed by atoms with E-state index in [2.05, 4.69) is 32.1 Å². The average molecular weight is 303 g/mol. The topological polar surface area (TPSA) is 81.1 Å². The van der Waals surface area contributed by atoms with Gasteiger partial charge in [-0.25, -0.2) is 0 Å². The Morgan fingerprint density at radius 2 is 1.77 bits per heavy atom. The van der Waals surface area contributed by atoms with Gasteiger partial charge in [-0.3, -0.25) is 4.90 Å². The molecule has 0 aromatic carbocycles. The lowest BCUT2D eigenvalue weighted by Crippen LogP contribution is -2.35. The summed E-state index contributed by atoms with van der Waals surface area (Å²) >= 11 is 0. The minimum atomic E-state index is 0.172. The Morgan fingerprint density at radius 3 is 2.41 bits per heavy atom. The number of piperidine rings is 1. The van der Waals surface area contributed by atoms with Crippen LogP contribution in [0.3, 0.4) is 0 Å². The highest BCUT2D eigenvalue weighted by molar-refractivity contribution is 5.05. The first kappa shape index (κ1) is 13.9. The van der Waals surface area contributed by atoms with Crippen molar-refractivity contribution in [3.05, 3.63) is 23.4 Å². The SMILES string of the molecule is Cc1noc(C2CCN([C@@H](C)c3nc(C4CC4)no3)CC2)n1. The zero-order valence-corrected chi connectivity index (χ0v) is 13.0. The molecule has 3 heterocycles. The standard InChI is InChI=1S/C15H21N5O2/c1-9(14-17-13(19-21-14)11-3-4-11)20-7-5-12(6-8-20)15-16-10(2)18-22-15/h9,11-12H,3-8H2,1-2H3/t9-/m0/s1. The number of hydrogen-bond donors (Lipinski definition) is 0. The minimum Gasteiger partial charge on any atom is -0.339 e. The zero-order chi connectivity index (χ0) is 15.1. The lowest BCUT2D eigenvalue weighted by Gasteiger charge is -2.33. The van der Waals surface area contributed by atoms with Crippen molar-refractivity contribution >= 4 is 0 Å². The monoisotopic (exact) mass is 303 g/mol. The summed E-state index contributed by atoms with van der Waals surface area (Å²) in [6.07, 6.45) is 4.44. The van der Waals surface area contributed by atoms with Gasteiger partial charge in [-0.1, -0.05) is 10.3 Å². The molecule has 4 rings (SSSR count). The third-order valence-corrected chi connectivity index (χ3v) is 4.73. The highest BCUT2D eigenvalue weighted by atomic mass is 16.5. The third-order valence-electron chi connectivity index (χ3n) is 4.73. The van der Waals surface area contributed by atoms with Crippen LogP contribution >= 0.6 is 0 Å². The van der Waals surface area contributed by atoms with Gasteiger partial charge >= 0.3 is 0 Å². The van der Waals surface area contributed by atoms with Crippen molar-refractivity contribution in [1.82, 2.24) is 25.2 Å². The summed E-state index contributed by atoms with van der Waals surface area (Å²) in [5.41, 5.74) is 0. The van der Waals surface area contributed by atoms with E-state index in [1.807, 2.05) is 6.92 Å². The molecule has 1 atom stereocenters. The maximum absolute atomic E-state index is 5.45. The Labute approximate surface area is 129 Å². The third kappa shape index (κ3) is 2.65. The molecule has 1 saturated carbocycles. The fourth-order valence-corrected chi connectivity index (χ4v) is 3.09. The lowest BCUT2D eigenvalue weighted by molar-refractivity contribution is 0.128. The van der Waals surface area contributed by atoms with Gasteiger partial charge in [0.05, 0.1) is 6.04 Å². The maximum Gasteiger partial charge on any atom is 0.243 e. The van der Waals surface area contributed by atoms with Crippen LogP contribution in [0.5, 0.6) is 0 Å². The number of hydrogen-bond acceptors (Lipinski definition) is 7. The predicted molar refractivity (Wildman–Crippen MR) is 77.3 cm³/mol. The van der Waals surface area contributed by atoms with Crippen molar-refractivity contribution < 1.29 is 9.05 Å². The molecule has 0 N–H and O–H groups in total. The summed E-state index contributed by atoms with van der Waals surface area (Å²) in [6.45, 7) is 5.96. The van der Waals surface area contributed by atoms with Gasteiger partial charge in [0, 0.05) is 11.8 Å². The molecule has 2 aliphatic rings. The molecule has 2 aromatic heterocycles. The number of aromatic nitrogens is 4. The Balaban J connectivity index is 1.37. The average Bonchev–Trinajstić information content (AvgIpc) is 3.11. The van der Waals surface area contributed by atoms with E-state index in [0.717, 1.165) is 43.5 Å². The molecular weight excluding hydrogens is 282 g/mol. The molecule has 0 radical (unpaired) electrons. The van der Waals surface area contributed by atoms with Crippen LogP contribution in [0.15, 0.2) is 9.05 Å². The summed E-state index contributed by atoms with van der Waals surface area (Å²) in [5, 5.41) is 8.00. The molecule has 1 aliphatic carbocycles. The second kappa shape index (κ2) is 5.46. The number of rotatable bonds is 4. The van der Waals surface area contributed by atoms with Gasteiger partial charge in [-0.05, 0) is 52.6 Å². The number of nitrogens with zero attached hydrogens (tertiary/aromatic N) is 5. The lowest BCUT2D eigenvalue weighted by atomic mass is 9.96. The van der Waals surface area contributed by atoms with Crippen LogP contribution < -0.4 is 0 Å². The van der Waals surface area contributed by atoms with Crippen molar-refractivity contribution in [2.75, 3.05) is 13.1 Å². The second-order valence-electron chi connectivity index (χ2n) is 6.43. The van der Waals surface area contributed by atoms with Crippen LogP contribution in [-0.4, -0.2) is 38.3 Å². The number of likely N-dealkylation sites (tertiary alicyclic amines) is 1. The van der Waals surface area contributed by atoms with Crippen LogP contribution in [-0.2, 0) is 0 Å². The van der Waals surface area contributed by atoms with Gasteiger partial charge in [-0.2, -0.15) is 9.97 Å². The second-order valence-corrected chi connectivity index (χ2v) is 6.43. The van der Waals surface area contributed by atoms with E-state index in [0.29, 0.717) is 17.7 Å². The Kier molecular flexibility index (Phi) is 3.44. The first-order valence-corrected chi connectivity index (χ1v) is 8.08. The molecule has 2 aromatic rings. The van der Waals surface area contributed by atoms with Gasteiger partial charge in [0.15, 0.2) is 11.6 Å². The Hall–Kier alpha value is -1.76. The Morgan fingerprint density at radius 1 is 1.00 bits per heavy atom. The van der Waals surface area contributed by atoms with E-state index in [4.69, 9.17) is 9.05 Å². The van der Waals surface area contributed by atoms with E-state index in [1.165, 1.54) is 12.8 Å². The predicted octanol–water partition coefficient (Wildman–Crippen LogP) is 2.58. The van der Waals surface area contributed by atoms with Crippen LogP contribution in [0.4, 0.5) is 0 Å². The molecule has 1 saturated heterocycles. The maximum atomic E-state index is 5.45. The molecule has 0 unspecified atom stereocenters. The van der Waals surface area contributed by atoms with Crippen LogP contribution in [0, 0.1) is 6.92 Å². The molecule has 118 valence electrons. The number of aryl methyl sites for hydroxylation is 1. The molecule has 0 amide bonds. The molecule has 0 bridgehead atoms. The van der Waals surface area contributed by atoms with Crippen molar-refractivity contribution in [1.29, 1.82) is 0 Å². The van der Waals surface area contributed by atoms with Crippen LogP contribution in [0.1, 0.15) is 73.9 Å². The van der Waals surface area contributed by atoms with E-state index >= 15 is 0 Å². The summed E-state index contributed by atoms with van der Waals surface area (Å²) in [5.74, 6) is 4.03. The molecule has 2 fully saturated rings. The smallest absolute Gasteiger partial charge is 0.243 e. The minimum absolute atomic E-state index is 0.172. The fraction of sp³-hybridized carbons (Fsp3) is 0.733. The summed E-state index contributed by atoms with van der Waals surface area (Å²) in [4.78, 5) is 11.3. The van der Waals surface area contributed by atoms with Gasteiger partial charge in [0.1, 0.15) is 0 Å². The van der Waals surface area contributed by atoms with Crippen molar-refractivity contribution in [2.45, 2.75) is 57.4 Å². The molecule has 7 nitrogen and oxygen atoms in total. The molecular formula is C15H21N5O2. The van der Waals surface area contributed by atoms with Crippen molar-refractivity contribution in [3.63, 3.8) is 0 Å². The molecule has 7 heteroatoms. The largest absolute Gasteiger partial charge is 0.339 e. The molecule has 22 heavy (non-hydrogen) atoms. The molecule has 1 aliphatic heterocycles. The van der Waals surface area contributed by atoms with Gasteiger partial charge in [0.25, 0.3) is 0 Å². The van der Waals surface area contributed by atoms with Gasteiger partial charge in [-0.15, -0.1) is 0 Å². The Bertz CT molecular complexity index is 640. The zero-order valence-electron chi connectivity index (χ0n) is 13.0. The first-order valence-electron chi connectivity index (χ1n) is 8.08. The van der Waals surface area contributed by atoms with E-state index in [1.54, 1.807) is 0 Å². The van der Waals surface area contributed by atoms with Crippen LogP contribution in [0.25, 0.3) is 0 Å². The van der Waals surface area contributed by atoms with Gasteiger partial charge in [0.2, 0.25) is 11.8 Å². The van der Waals surface area contributed by atoms with Crippen molar-refractivity contribution in [2.24, 2.45) is 0 Å². The fourth-order valence-electron chi connectivity index (χ4n) is 3.09. The van der Waals surface area contributed by atoms with E-state index < -0.39 is 0 Å². The summed E-state index contributed by atoms with van der Waals surface area (Å²) < 4.78 is 10.8. The van der Waals surface area contributed by atoms with E-state index in [9.17, 15) is 0 Å². The summed E-state index contributed by atoms with van der Waals surface area (Å²) in [6, 6.07) is 0.172. The van der Waals surface area contributed by atoms with Crippen LogP contribution in [0.2, 0.25) is 0 Å².